The van der Waals surface area contributed by atoms with Crippen LogP contribution < -0.4 is 14.8 Å². The van der Waals surface area contributed by atoms with E-state index in [1.54, 1.807) is 12.0 Å². The van der Waals surface area contributed by atoms with Gasteiger partial charge in [-0.05, 0) is 61.6 Å². The van der Waals surface area contributed by atoms with Gasteiger partial charge in [0.2, 0.25) is 5.91 Å². The number of carbonyl (C=O) groups is 2. The lowest BCUT2D eigenvalue weighted by Gasteiger charge is -2.32. The summed E-state index contributed by atoms with van der Waals surface area (Å²) in [5.41, 5.74) is 1.97. The van der Waals surface area contributed by atoms with Gasteiger partial charge in [-0.25, -0.2) is 0 Å². The van der Waals surface area contributed by atoms with Crippen molar-refractivity contribution in [1.82, 2.24) is 10.2 Å². The Labute approximate surface area is 197 Å². The predicted octanol–water partition coefficient (Wildman–Crippen LogP) is 4.64. The van der Waals surface area contributed by atoms with Gasteiger partial charge >= 0.3 is 0 Å². The number of rotatable bonds is 10. The molecule has 2 aromatic carbocycles. The Kier molecular flexibility index (Phi) is 9.16. The minimum Gasteiger partial charge on any atom is -0.497 e. The molecule has 0 aromatic heterocycles. The number of hydrogen-bond acceptors (Lipinski definition) is 4. The van der Waals surface area contributed by atoms with Crippen molar-refractivity contribution in [2.24, 2.45) is 0 Å². The summed E-state index contributed by atoms with van der Waals surface area (Å²) in [5.74, 6) is 1.06. The van der Waals surface area contributed by atoms with Crippen molar-refractivity contribution in [3.8, 4) is 11.5 Å². The number of hydrogen-bond donors (Lipinski definition) is 1. The van der Waals surface area contributed by atoms with Gasteiger partial charge in [-0.1, -0.05) is 50.5 Å². The van der Waals surface area contributed by atoms with Gasteiger partial charge in [0.1, 0.15) is 17.5 Å². The molecular formula is C27H36N2O4. The van der Waals surface area contributed by atoms with Crippen LogP contribution in [0.3, 0.4) is 0 Å². The molecule has 1 aliphatic carbocycles. The molecule has 2 amide bonds. The summed E-state index contributed by atoms with van der Waals surface area (Å²) in [7, 11) is 1.62. The highest BCUT2D eigenvalue weighted by molar-refractivity contribution is 5.88. The Morgan fingerprint density at radius 1 is 1.06 bits per heavy atom. The number of aryl methyl sites for hydroxylation is 1. The molecule has 33 heavy (non-hydrogen) atoms. The molecule has 1 atom stereocenters. The van der Waals surface area contributed by atoms with Crippen LogP contribution in [-0.4, -0.2) is 42.5 Å². The van der Waals surface area contributed by atoms with E-state index in [9.17, 15) is 9.59 Å². The van der Waals surface area contributed by atoms with Crippen molar-refractivity contribution >= 4 is 11.8 Å². The minimum absolute atomic E-state index is 0.0869. The molecule has 1 N–H and O–H groups in total. The van der Waals surface area contributed by atoms with E-state index in [1.807, 2.05) is 62.4 Å². The SMILES string of the molecule is CCC(C(=O)NC1CCCCC1)N(Cc1cccc(OC)c1)C(=O)COc1cccc(C)c1. The highest BCUT2D eigenvalue weighted by atomic mass is 16.5. The Morgan fingerprint density at radius 3 is 2.48 bits per heavy atom. The van der Waals surface area contributed by atoms with Gasteiger partial charge in [0.25, 0.3) is 5.91 Å². The van der Waals surface area contributed by atoms with E-state index >= 15 is 0 Å². The van der Waals surface area contributed by atoms with Gasteiger partial charge < -0.3 is 19.7 Å². The number of nitrogens with one attached hydrogen (secondary N) is 1. The lowest BCUT2D eigenvalue weighted by atomic mass is 9.95. The van der Waals surface area contributed by atoms with Gasteiger partial charge in [0, 0.05) is 12.6 Å². The summed E-state index contributed by atoms with van der Waals surface area (Å²) in [5, 5.41) is 3.20. The average Bonchev–Trinajstić information content (AvgIpc) is 2.83. The fourth-order valence-corrected chi connectivity index (χ4v) is 4.36. The highest BCUT2D eigenvalue weighted by Gasteiger charge is 2.30. The second-order valence-corrected chi connectivity index (χ2v) is 8.75. The monoisotopic (exact) mass is 452 g/mol. The molecule has 0 bridgehead atoms. The van der Waals surface area contributed by atoms with E-state index in [0.717, 1.165) is 42.6 Å². The maximum absolute atomic E-state index is 13.3. The third kappa shape index (κ3) is 7.24. The molecule has 6 heteroatoms. The van der Waals surface area contributed by atoms with Crippen LogP contribution in [0.15, 0.2) is 48.5 Å². The first-order valence-corrected chi connectivity index (χ1v) is 11.9. The third-order valence-electron chi connectivity index (χ3n) is 6.18. The number of amides is 2. The first-order chi connectivity index (χ1) is 16.0. The molecule has 1 unspecified atom stereocenters. The van der Waals surface area contributed by atoms with E-state index in [-0.39, 0.29) is 24.5 Å². The molecule has 0 radical (unpaired) electrons. The zero-order valence-corrected chi connectivity index (χ0v) is 20.0. The molecule has 1 saturated carbocycles. The molecule has 0 spiro atoms. The summed E-state index contributed by atoms with van der Waals surface area (Å²) < 4.78 is 11.1. The summed E-state index contributed by atoms with van der Waals surface area (Å²) >= 11 is 0. The lowest BCUT2D eigenvalue weighted by molar-refractivity contribution is -0.143. The fourth-order valence-electron chi connectivity index (χ4n) is 4.36. The Bertz CT molecular complexity index is 924. The van der Waals surface area contributed by atoms with Crippen LogP contribution in [0.1, 0.15) is 56.6 Å². The first kappa shape index (κ1) is 24.6. The van der Waals surface area contributed by atoms with E-state index in [4.69, 9.17) is 9.47 Å². The molecule has 2 aromatic rings. The second-order valence-electron chi connectivity index (χ2n) is 8.75. The van der Waals surface area contributed by atoms with E-state index in [1.165, 1.54) is 6.42 Å². The number of nitrogens with zero attached hydrogens (tertiary/aromatic N) is 1. The summed E-state index contributed by atoms with van der Waals surface area (Å²) in [6.07, 6.45) is 6.03. The number of ether oxygens (including phenoxy) is 2. The molecule has 0 aliphatic heterocycles. The molecule has 178 valence electrons. The van der Waals surface area contributed by atoms with Crippen LogP contribution in [0.2, 0.25) is 0 Å². The topological polar surface area (TPSA) is 67.9 Å². The quantitative estimate of drug-likeness (QED) is 0.570. The average molecular weight is 453 g/mol. The Morgan fingerprint density at radius 2 is 1.79 bits per heavy atom. The molecule has 1 fully saturated rings. The van der Waals surface area contributed by atoms with Crippen molar-refractivity contribution in [2.75, 3.05) is 13.7 Å². The second kappa shape index (κ2) is 12.3. The van der Waals surface area contributed by atoms with Gasteiger partial charge in [-0.15, -0.1) is 0 Å². The largest absolute Gasteiger partial charge is 0.497 e. The molecule has 6 nitrogen and oxygen atoms in total. The zero-order chi connectivity index (χ0) is 23.6. The maximum atomic E-state index is 13.3. The first-order valence-electron chi connectivity index (χ1n) is 11.9. The van der Waals surface area contributed by atoms with Gasteiger partial charge in [0.15, 0.2) is 6.61 Å². The summed E-state index contributed by atoms with van der Waals surface area (Å²) in [4.78, 5) is 28.2. The summed E-state index contributed by atoms with van der Waals surface area (Å²) in [6, 6.07) is 14.8. The minimum atomic E-state index is -0.563. The van der Waals surface area contributed by atoms with Crippen molar-refractivity contribution in [3.05, 3.63) is 59.7 Å². The summed E-state index contributed by atoms with van der Waals surface area (Å²) in [6.45, 7) is 4.11. The van der Waals surface area contributed by atoms with Crippen LogP contribution in [0.25, 0.3) is 0 Å². The van der Waals surface area contributed by atoms with E-state index in [2.05, 4.69) is 5.32 Å². The fraction of sp³-hybridized carbons (Fsp3) is 0.481. The van der Waals surface area contributed by atoms with Crippen LogP contribution in [0.4, 0.5) is 0 Å². The molecule has 3 rings (SSSR count). The molecule has 1 aliphatic rings. The standard InChI is InChI=1S/C27H36N2O4/c1-4-25(27(31)28-22-12-6-5-7-13-22)29(18-21-11-9-14-23(17-21)32-3)26(30)19-33-24-15-8-10-20(2)16-24/h8-11,14-17,22,25H,4-7,12-13,18-19H2,1-3H3,(H,28,31). The van der Waals surface area contributed by atoms with Crippen LogP contribution in [0.5, 0.6) is 11.5 Å². The molecule has 0 heterocycles. The third-order valence-corrected chi connectivity index (χ3v) is 6.18. The maximum Gasteiger partial charge on any atom is 0.261 e. The van der Waals surface area contributed by atoms with Crippen LogP contribution >= 0.6 is 0 Å². The Balaban J connectivity index is 1.77. The van der Waals surface area contributed by atoms with Gasteiger partial charge in [-0.2, -0.15) is 0 Å². The van der Waals surface area contributed by atoms with Gasteiger partial charge in [-0.3, -0.25) is 9.59 Å². The normalized spacial score (nSPS) is 14.9. The smallest absolute Gasteiger partial charge is 0.261 e. The van der Waals surface area contributed by atoms with Crippen LogP contribution in [-0.2, 0) is 16.1 Å². The number of methoxy groups -OCH3 is 1. The zero-order valence-electron chi connectivity index (χ0n) is 20.0. The molecule has 0 saturated heterocycles. The van der Waals surface area contributed by atoms with Gasteiger partial charge in [0.05, 0.1) is 7.11 Å². The van der Waals surface area contributed by atoms with E-state index < -0.39 is 6.04 Å². The van der Waals surface area contributed by atoms with E-state index in [0.29, 0.717) is 18.7 Å². The number of benzene rings is 2. The van der Waals surface area contributed by atoms with Crippen molar-refractivity contribution in [3.63, 3.8) is 0 Å². The van der Waals surface area contributed by atoms with Crippen molar-refractivity contribution in [2.45, 2.75) is 71.0 Å². The van der Waals surface area contributed by atoms with Crippen molar-refractivity contribution in [1.29, 1.82) is 0 Å². The van der Waals surface area contributed by atoms with Crippen molar-refractivity contribution < 1.29 is 19.1 Å². The van der Waals surface area contributed by atoms with Crippen LogP contribution in [0, 0.1) is 6.92 Å². The predicted molar refractivity (Wildman–Crippen MR) is 129 cm³/mol. The highest BCUT2D eigenvalue weighted by Crippen LogP contribution is 2.21. The lowest BCUT2D eigenvalue weighted by Crippen LogP contribution is -2.52. The Hall–Kier alpha value is -3.02. The molecular weight excluding hydrogens is 416 g/mol. The number of carbonyl (C=O) groups excluding carboxylic acids is 2.